The molecule has 0 spiro atoms. The summed E-state index contributed by atoms with van der Waals surface area (Å²) in [4.78, 5) is 24.5. The number of carbonyl (C=O) groups excluding carboxylic acids is 1. The van der Waals surface area contributed by atoms with Crippen LogP contribution < -0.4 is 5.32 Å². The molecule has 6 nitrogen and oxygen atoms in total. The predicted octanol–water partition coefficient (Wildman–Crippen LogP) is 1.04. The number of aliphatic carboxylic acids is 1. The normalized spacial score (nSPS) is 24.9. The van der Waals surface area contributed by atoms with Crippen molar-refractivity contribution in [2.45, 2.75) is 57.7 Å². The van der Waals surface area contributed by atoms with Crippen LogP contribution in [-0.4, -0.2) is 52.3 Å². The summed E-state index contributed by atoms with van der Waals surface area (Å²) in [5, 5.41) is 21.5. The minimum Gasteiger partial charge on any atom is -0.480 e. The summed E-state index contributed by atoms with van der Waals surface area (Å²) in [6, 6.07) is -1.57. The zero-order chi connectivity index (χ0) is 14.6. The molecule has 0 radical (unpaired) electrons. The van der Waals surface area contributed by atoms with Crippen molar-refractivity contribution < 1.29 is 19.8 Å². The number of likely N-dealkylation sites (N-methyl/N-ethyl adjacent to an activating group) is 1. The summed E-state index contributed by atoms with van der Waals surface area (Å²) in [5.74, 6) is -1.23. The highest BCUT2D eigenvalue weighted by atomic mass is 16.4. The Balaban J connectivity index is 2.63. The van der Waals surface area contributed by atoms with Crippen LogP contribution in [0.1, 0.15) is 39.5 Å². The van der Waals surface area contributed by atoms with E-state index in [4.69, 9.17) is 5.11 Å². The molecule has 0 heterocycles. The highest BCUT2D eigenvalue weighted by Crippen LogP contribution is 2.22. The Hall–Kier alpha value is -1.30. The first kappa shape index (κ1) is 15.8. The molecule has 3 atom stereocenters. The average Bonchev–Trinajstić information content (AvgIpc) is 2.34. The predicted molar refractivity (Wildman–Crippen MR) is 70.8 cm³/mol. The van der Waals surface area contributed by atoms with Crippen molar-refractivity contribution in [3.8, 4) is 0 Å². The lowest BCUT2D eigenvalue weighted by Crippen LogP contribution is -2.54. The van der Waals surface area contributed by atoms with Gasteiger partial charge in [-0.1, -0.05) is 26.7 Å². The number of urea groups is 1. The Morgan fingerprint density at radius 1 is 1.26 bits per heavy atom. The highest BCUT2D eigenvalue weighted by molar-refractivity contribution is 5.82. The summed E-state index contributed by atoms with van der Waals surface area (Å²) in [5.41, 5.74) is 0. The summed E-state index contributed by atoms with van der Waals surface area (Å²) < 4.78 is 0. The molecule has 3 N–H and O–H groups in total. The van der Waals surface area contributed by atoms with E-state index >= 15 is 0 Å². The van der Waals surface area contributed by atoms with Crippen molar-refractivity contribution in [3.63, 3.8) is 0 Å². The lowest BCUT2D eigenvalue weighted by molar-refractivity contribution is -0.140. The molecule has 0 saturated heterocycles. The molecule has 6 heteroatoms. The molecule has 1 aliphatic carbocycles. The van der Waals surface area contributed by atoms with E-state index in [0.717, 1.165) is 19.3 Å². The molecule has 1 aliphatic rings. The second kappa shape index (κ2) is 6.75. The summed E-state index contributed by atoms with van der Waals surface area (Å²) in [6.07, 6.45) is 2.87. The maximum atomic E-state index is 12.0. The second-order valence-electron chi connectivity index (χ2n) is 5.54. The largest absolute Gasteiger partial charge is 0.480 e. The van der Waals surface area contributed by atoms with Gasteiger partial charge in [0.1, 0.15) is 6.04 Å². The van der Waals surface area contributed by atoms with Crippen molar-refractivity contribution in [2.75, 3.05) is 7.05 Å². The van der Waals surface area contributed by atoms with Gasteiger partial charge in [-0.05, 0) is 18.8 Å². The van der Waals surface area contributed by atoms with E-state index in [2.05, 4.69) is 5.32 Å². The third kappa shape index (κ3) is 4.09. The van der Waals surface area contributed by atoms with Crippen LogP contribution in [0.25, 0.3) is 0 Å². The van der Waals surface area contributed by atoms with Crippen LogP contribution in [0.15, 0.2) is 0 Å². The zero-order valence-electron chi connectivity index (χ0n) is 11.8. The Morgan fingerprint density at radius 2 is 1.84 bits per heavy atom. The van der Waals surface area contributed by atoms with Crippen LogP contribution >= 0.6 is 0 Å². The average molecular weight is 272 g/mol. The Labute approximate surface area is 113 Å². The number of amides is 2. The second-order valence-corrected chi connectivity index (χ2v) is 5.54. The van der Waals surface area contributed by atoms with Crippen LogP contribution in [0, 0.1) is 5.92 Å². The molecule has 0 bridgehead atoms. The third-order valence-corrected chi connectivity index (χ3v) is 3.72. The van der Waals surface area contributed by atoms with Gasteiger partial charge < -0.3 is 20.4 Å². The smallest absolute Gasteiger partial charge is 0.326 e. The van der Waals surface area contributed by atoms with Gasteiger partial charge >= 0.3 is 12.0 Å². The van der Waals surface area contributed by atoms with Gasteiger partial charge in [-0.25, -0.2) is 9.59 Å². The fraction of sp³-hybridized carbons (Fsp3) is 0.846. The van der Waals surface area contributed by atoms with Gasteiger partial charge in [0.05, 0.1) is 12.1 Å². The molecular weight excluding hydrogens is 248 g/mol. The lowest BCUT2D eigenvalue weighted by atomic mass is 9.92. The molecular formula is C13H24N2O4. The molecule has 1 rings (SSSR count). The maximum absolute atomic E-state index is 12.0. The maximum Gasteiger partial charge on any atom is 0.326 e. The van der Waals surface area contributed by atoms with Gasteiger partial charge in [0.15, 0.2) is 0 Å². The fourth-order valence-electron chi connectivity index (χ4n) is 2.44. The van der Waals surface area contributed by atoms with E-state index in [1.165, 1.54) is 4.90 Å². The number of aliphatic hydroxyl groups is 1. The molecule has 0 aromatic rings. The Kier molecular flexibility index (Phi) is 5.60. The lowest BCUT2D eigenvalue weighted by Gasteiger charge is -2.36. The van der Waals surface area contributed by atoms with Crippen LogP contribution in [0.5, 0.6) is 0 Å². The number of aliphatic hydroxyl groups excluding tert-OH is 1. The molecule has 1 saturated carbocycles. The topological polar surface area (TPSA) is 89.9 Å². The van der Waals surface area contributed by atoms with Crippen LogP contribution in [0.2, 0.25) is 0 Å². The van der Waals surface area contributed by atoms with Crippen molar-refractivity contribution in [1.82, 2.24) is 10.2 Å². The highest BCUT2D eigenvalue weighted by Gasteiger charge is 2.32. The quantitative estimate of drug-likeness (QED) is 0.713. The molecule has 110 valence electrons. The van der Waals surface area contributed by atoms with E-state index in [-0.39, 0.29) is 12.0 Å². The number of carbonyl (C=O) groups is 2. The Bertz CT molecular complexity index is 333. The van der Waals surface area contributed by atoms with E-state index < -0.39 is 24.1 Å². The van der Waals surface area contributed by atoms with E-state index in [9.17, 15) is 14.7 Å². The Morgan fingerprint density at radius 3 is 2.32 bits per heavy atom. The third-order valence-electron chi connectivity index (χ3n) is 3.72. The van der Waals surface area contributed by atoms with Gasteiger partial charge in [-0.3, -0.25) is 0 Å². The number of hydrogen-bond acceptors (Lipinski definition) is 3. The van der Waals surface area contributed by atoms with Crippen molar-refractivity contribution >= 4 is 12.0 Å². The summed E-state index contributed by atoms with van der Waals surface area (Å²) in [7, 11) is 1.60. The van der Waals surface area contributed by atoms with E-state index in [1.807, 2.05) is 0 Å². The number of carboxylic acids is 1. The van der Waals surface area contributed by atoms with Gasteiger partial charge in [0, 0.05) is 7.05 Å². The number of carboxylic acid groups (broad SMARTS) is 1. The number of nitrogens with zero attached hydrogens (tertiary/aromatic N) is 1. The molecule has 19 heavy (non-hydrogen) atoms. The van der Waals surface area contributed by atoms with Crippen molar-refractivity contribution in [2.24, 2.45) is 5.92 Å². The molecule has 0 aliphatic heterocycles. The van der Waals surface area contributed by atoms with Gasteiger partial charge in [-0.2, -0.15) is 0 Å². The van der Waals surface area contributed by atoms with Crippen LogP contribution in [0.4, 0.5) is 4.79 Å². The summed E-state index contributed by atoms with van der Waals surface area (Å²) in [6.45, 7) is 3.49. The van der Waals surface area contributed by atoms with E-state index in [1.54, 1.807) is 20.9 Å². The van der Waals surface area contributed by atoms with Gasteiger partial charge in [-0.15, -0.1) is 0 Å². The number of hydrogen-bond donors (Lipinski definition) is 3. The molecule has 0 aromatic carbocycles. The van der Waals surface area contributed by atoms with Gasteiger partial charge in [0.25, 0.3) is 0 Å². The number of rotatable bonds is 4. The molecule has 1 fully saturated rings. The monoisotopic (exact) mass is 272 g/mol. The van der Waals surface area contributed by atoms with Gasteiger partial charge in [0.2, 0.25) is 0 Å². The minimum absolute atomic E-state index is 0.189. The van der Waals surface area contributed by atoms with Crippen LogP contribution in [-0.2, 0) is 4.79 Å². The van der Waals surface area contributed by atoms with Crippen LogP contribution in [0.3, 0.4) is 0 Å². The summed E-state index contributed by atoms with van der Waals surface area (Å²) >= 11 is 0. The zero-order valence-corrected chi connectivity index (χ0v) is 11.8. The SMILES string of the molecule is CC(C)[C@H](NC(=O)N(C)C1CCCCC1O)C(=O)O. The first-order valence-corrected chi connectivity index (χ1v) is 6.78. The first-order valence-electron chi connectivity index (χ1n) is 6.78. The minimum atomic E-state index is -1.04. The molecule has 0 aromatic heterocycles. The number of nitrogens with one attached hydrogen (secondary N) is 1. The molecule has 2 amide bonds. The fourth-order valence-corrected chi connectivity index (χ4v) is 2.44. The first-order chi connectivity index (χ1) is 8.84. The van der Waals surface area contributed by atoms with E-state index in [0.29, 0.717) is 6.42 Å². The van der Waals surface area contributed by atoms with Crippen molar-refractivity contribution in [3.05, 3.63) is 0 Å². The van der Waals surface area contributed by atoms with Crippen molar-refractivity contribution in [1.29, 1.82) is 0 Å². The molecule has 2 unspecified atom stereocenters. The standard InChI is InChI=1S/C13H24N2O4/c1-8(2)11(12(17)18)14-13(19)15(3)9-6-4-5-7-10(9)16/h8-11,16H,4-7H2,1-3H3,(H,14,19)(H,17,18)/t9?,10?,11-/m0/s1.